The van der Waals surface area contributed by atoms with Crippen LogP contribution in [-0.4, -0.2) is 21.9 Å². The Morgan fingerprint density at radius 2 is 2.17 bits per heavy atom. The van der Waals surface area contributed by atoms with Crippen molar-refractivity contribution >= 4 is 27.5 Å². The predicted molar refractivity (Wildman–Crippen MR) is 72.6 cm³/mol. The molecule has 18 heavy (non-hydrogen) atoms. The first-order valence-electron chi connectivity index (χ1n) is 5.65. The molecule has 1 fully saturated rings. The number of nitrogens with zero attached hydrogens (tertiary/aromatic N) is 3. The Labute approximate surface area is 118 Å². The number of hydrogen-bond donors (Lipinski definition) is 0. The van der Waals surface area contributed by atoms with Gasteiger partial charge in [-0.05, 0) is 42.6 Å². The minimum Gasteiger partial charge on any atom is -0.495 e. The lowest BCUT2D eigenvalue weighted by molar-refractivity contribution is 0.412. The Morgan fingerprint density at radius 1 is 1.39 bits per heavy atom. The van der Waals surface area contributed by atoms with Crippen LogP contribution in [0.2, 0.25) is 5.28 Å². The molecule has 0 radical (unpaired) electrons. The quantitative estimate of drug-likeness (QED) is 0.865. The number of benzene rings is 1. The minimum atomic E-state index is 0.369. The average Bonchev–Trinajstić information content (AvgIpc) is 3.13. The second-order valence-corrected chi connectivity index (χ2v) is 5.51. The molecule has 3 rings (SSSR count). The van der Waals surface area contributed by atoms with E-state index in [9.17, 15) is 0 Å². The molecular formula is C12H11BrClN3O. The summed E-state index contributed by atoms with van der Waals surface area (Å²) >= 11 is 9.61. The van der Waals surface area contributed by atoms with Gasteiger partial charge < -0.3 is 4.74 Å². The number of ether oxygens (including phenoxy) is 1. The molecule has 1 saturated carbocycles. The van der Waals surface area contributed by atoms with Crippen LogP contribution in [0.4, 0.5) is 0 Å². The molecule has 0 aliphatic heterocycles. The Morgan fingerprint density at radius 3 is 2.83 bits per heavy atom. The first-order chi connectivity index (χ1) is 8.70. The maximum Gasteiger partial charge on any atom is 0.229 e. The second-order valence-electron chi connectivity index (χ2n) is 4.25. The number of halogens is 2. The largest absolute Gasteiger partial charge is 0.495 e. The van der Waals surface area contributed by atoms with E-state index in [1.165, 1.54) is 0 Å². The van der Waals surface area contributed by atoms with Gasteiger partial charge in [-0.15, -0.1) is 10.2 Å². The molecule has 0 atom stereocenters. The lowest BCUT2D eigenvalue weighted by Gasteiger charge is -2.12. The van der Waals surface area contributed by atoms with Crippen LogP contribution in [0.25, 0.3) is 5.69 Å². The minimum absolute atomic E-state index is 0.369. The highest BCUT2D eigenvalue weighted by Crippen LogP contribution is 2.42. The topological polar surface area (TPSA) is 39.9 Å². The third kappa shape index (κ3) is 2.01. The number of rotatable bonds is 3. The SMILES string of the molecule is COc1ccc(Br)cc1-n1c(Cl)nnc1C1CC1. The van der Waals surface area contributed by atoms with Crippen LogP contribution in [0, 0.1) is 0 Å². The molecule has 1 aromatic carbocycles. The fraction of sp³-hybridized carbons (Fsp3) is 0.333. The molecule has 0 bridgehead atoms. The molecule has 0 N–H and O–H groups in total. The molecule has 0 unspecified atom stereocenters. The number of aromatic nitrogens is 3. The van der Waals surface area contributed by atoms with Crippen LogP contribution in [0.1, 0.15) is 24.6 Å². The monoisotopic (exact) mass is 327 g/mol. The van der Waals surface area contributed by atoms with Crippen LogP contribution in [0.5, 0.6) is 5.75 Å². The molecule has 0 spiro atoms. The fourth-order valence-corrected chi connectivity index (χ4v) is 2.51. The molecule has 1 aromatic heterocycles. The van der Waals surface area contributed by atoms with Gasteiger partial charge in [-0.3, -0.25) is 4.57 Å². The standard InChI is InChI=1S/C12H11BrClN3O/c1-18-10-5-4-8(13)6-9(10)17-11(7-2-3-7)15-16-12(17)14/h4-7H,2-3H2,1H3. The van der Waals surface area contributed by atoms with Crippen LogP contribution in [0.15, 0.2) is 22.7 Å². The van der Waals surface area contributed by atoms with Gasteiger partial charge in [0.15, 0.2) is 0 Å². The van der Waals surface area contributed by atoms with E-state index < -0.39 is 0 Å². The summed E-state index contributed by atoms with van der Waals surface area (Å²) in [4.78, 5) is 0. The molecule has 94 valence electrons. The molecular weight excluding hydrogens is 318 g/mol. The lowest BCUT2D eigenvalue weighted by atomic mass is 10.2. The van der Waals surface area contributed by atoms with E-state index in [1.54, 1.807) is 7.11 Å². The summed E-state index contributed by atoms with van der Waals surface area (Å²) in [6.45, 7) is 0. The van der Waals surface area contributed by atoms with Crippen LogP contribution in [0.3, 0.4) is 0 Å². The van der Waals surface area contributed by atoms with Crippen molar-refractivity contribution < 1.29 is 4.74 Å². The lowest BCUT2D eigenvalue weighted by Crippen LogP contribution is -2.02. The zero-order valence-corrected chi connectivity index (χ0v) is 12.1. The molecule has 4 nitrogen and oxygen atoms in total. The Balaban J connectivity index is 2.19. The third-order valence-corrected chi connectivity index (χ3v) is 3.71. The van der Waals surface area contributed by atoms with Gasteiger partial charge in [0.25, 0.3) is 0 Å². The van der Waals surface area contributed by atoms with E-state index in [1.807, 2.05) is 22.8 Å². The summed E-state index contributed by atoms with van der Waals surface area (Å²) in [6, 6.07) is 5.78. The fourth-order valence-electron chi connectivity index (χ4n) is 1.94. The van der Waals surface area contributed by atoms with E-state index in [0.29, 0.717) is 11.2 Å². The first kappa shape index (κ1) is 12.0. The number of methoxy groups -OCH3 is 1. The number of hydrogen-bond acceptors (Lipinski definition) is 3. The maximum atomic E-state index is 6.15. The van der Waals surface area contributed by atoms with Crippen molar-refractivity contribution in [1.29, 1.82) is 0 Å². The predicted octanol–water partition coefficient (Wildman–Crippen LogP) is 3.57. The van der Waals surface area contributed by atoms with Gasteiger partial charge >= 0.3 is 0 Å². The highest BCUT2D eigenvalue weighted by Gasteiger charge is 2.31. The van der Waals surface area contributed by atoms with Crippen molar-refractivity contribution in [2.75, 3.05) is 7.11 Å². The van der Waals surface area contributed by atoms with Crippen molar-refractivity contribution in [2.24, 2.45) is 0 Å². The van der Waals surface area contributed by atoms with E-state index in [0.717, 1.165) is 34.6 Å². The van der Waals surface area contributed by atoms with Crippen LogP contribution < -0.4 is 4.74 Å². The summed E-state index contributed by atoms with van der Waals surface area (Å²) in [6.07, 6.45) is 2.29. The zero-order chi connectivity index (χ0) is 12.7. The van der Waals surface area contributed by atoms with Crippen molar-refractivity contribution in [3.63, 3.8) is 0 Å². The van der Waals surface area contributed by atoms with Crippen molar-refractivity contribution in [3.05, 3.63) is 33.8 Å². The summed E-state index contributed by atoms with van der Waals surface area (Å²) in [5.74, 6) is 2.13. The summed E-state index contributed by atoms with van der Waals surface area (Å²) in [5.41, 5.74) is 0.865. The van der Waals surface area contributed by atoms with Crippen molar-refractivity contribution in [1.82, 2.24) is 14.8 Å². The molecule has 6 heteroatoms. The van der Waals surface area contributed by atoms with E-state index in [2.05, 4.69) is 26.1 Å². The molecule has 1 aliphatic rings. The van der Waals surface area contributed by atoms with Crippen LogP contribution in [-0.2, 0) is 0 Å². The molecule has 0 saturated heterocycles. The van der Waals surface area contributed by atoms with E-state index in [-0.39, 0.29) is 0 Å². The maximum absolute atomic E-state index is 6.15. The van der Waals surface area contributed by atoms with Gasteiger partial charge in [0.1, 0.15) is 11.6 Å². The first-order valence-corrected chi connectivity index (χ1v) is 6.82. The smallest absolute Gasteiger partial charge is 0.229 e. The Kier molecular flexibility index (Phi) is 3.03. The van der Waals surface area contributed by atoms with E-state index in [4.69, 9.17) is 16.3 Å². The molecule has 0 amide bonds. The van der Waals surface area contributed by atoms with Gasteiger partial charge in [0.05, 0.1) is 12.8 Å². The highest BCUT2D eigenvalue weighted by molar-refractivity contribution is 9.10. The molecule has 2 aromatic rings. The van der Waals surface area contributed by atoms with Gasteiger partial charge in [0, 0.05) is 10.4 Å². The van der Waals surface area contributed by atoms with Gasteiger partial charge in [-0.1, -0.05) is 15.9 Å². The Bertz CT molecular complexity index is 595. The molecule has 1 aliphatic carbocycles. The molecule has 1 heterocycles. The van der Waals surface area contributed by atoms with Crippen LogP contribution >= 0.6 is 27.5 Å². The van der Waals surface area contributed by atoms with Gasteiger partial charge in [-0.2, -0.15) is 0 Å². The van der Waals surface area contributed by atoms with Gasteiger partial charge in [-0.25, -0.2) is 0 Å². The van der Waals surface area contributed by atoms with Crippen molar-refractivity contribution in [2.45, 2.75) is 18.8 Å². The summed E-state index contributed by atoms with van der Waals surface area (Å²) in [5, 5.41) is 8.50. The average molecular weight is 329 g/mol. The van der Waals surface area contributed by atoms with Gasteiger partial charge in [0.2, 0.25) is 5.28 Å². The highest BCUT2D eigenvalue weighted by atomic mass is 79.9. The van der Waals surface area contributed by atoms with Crippen molar-refractivity contribution in [3.8, 4) is 11.4 Å². The zero-order valence-electron chi connectivity index (χ0n) is 9.73. The Hall–Kier alpha value is -1.07. The second kappa shape index (κ2) is 4.55. The van der Waals surface area contributed by atoms with E-state index >= 15 is 0 Å². The third-order valence-electron chi connectivity index (χ3n) is 2.97. The summed E-state index contributed by atoms with van der Waals surface area (Å²) in [7, 11) is 1.64. The normalized spacial score (nSPS) is 14.8. The summed E-state index contributed by atoms with van der Waals surface area (Å²) < 4.78 is 8.21.